The first-order valence-electron chi connectivity index (χ1n) is 15.4. The number of nitrogens with zero attached hydrogens (tertiary/aromatic N) is 2. The van der Waals surface area contributed by atoms with Crippen LogP contribution in [0.25, 0.3) is 0 Å². The molecule has 2 aromatic rings. The summed E-state index contributed by atoms with van der Waals surface area (Å²) in [5, 5.41) is 0. The molecule has 1 spiro atoms. The summed E-state index contributed by atoms with van der Waals surface area (Å²) in [6, 6.07) is 19.6. The number of ether oxygens (including phenoxy) is 3. The third-order valence-electron chi connectivity index (χ3n) is 10.4. The van der Waals surface area contributed by atoms with Gasteiger partial charge in [0.15, 0.2) is 18.2 Å². The predicted molar refractivity (Wildman–Crippen MR) is 152 cm³/mol. The quantitative estimate of drug-likeness (QED) is 0.427. The maximum atomic E-state index is 6.58. The molecule has 8 rings (SSSR count). The molecule has 2 bridgehead atoms. The van der Waals surface area contributed by atoms with Gasteiger partial charge in [0.2, 0.25) is 5.79 Å². The van der Waals surface area contributed by atoms with Crippen molar-refractivity contribution < 1.29 is 24.0 Å². The standard InChI is InChI=1S/C33H44N2O5/c1-23-9-14-29-24(2)30(37-31-33(29)28(23)15-16-32(3,38-31)39-40-33)36-22-26-12-10-25(11-13-26)21-34-17-19-35(20-18-34)27-7-5-4-6-8-27/h4-8,10-13,23-24,28-31H,9,14-22H2,1-3H3/t23-,24-,28+,29?,30+,31?,32?,33-/m1/s1. The van der Waals surface area contributed by atoms with Gasteiger partial charge >= 0.3 is 0 Å². The third kappa shape index (κ3) is 4.79. The summed E-state index contributed by atoms with van der Waals surface area (Å²) in [4.78, 5) is 17.2. The van der Waals surface area contributed by atoms with Crippen LogP contribution in [0.1, 0.15) is 57.6 Å². The third-order valence-corrected chi connectivity index (χ3v) is 10.4. The van der Waals surface area contributed by atoms with Crippen LogP contribution in [0.5, 0.6) is 0 Å². The molecule has 3 unspecified atom stereocenters. The zero-order chi connectivity index (χ0) is 27.3. The number of piperazine rings is 1. The van der Waals surface area contributed by atoms with Crippen LogP contribution in [-0.4, -0.2) is 55.0 Å². The van der Waals surface area contributed by atoms with Crippen LogP contribution in [0, 0.1) is 23.7 Å². The molecule has 6 fully saturated rings. The highest BCUT2D eigenvalue weighted by Crippen LogP contribution is 2.60. The van der Waals surface area contributed by atoms with Crippen molar-refractivity contribution in [3.63, 3.8) is 0 Å². The number of benzene rings is 2. The lowest BCUT2D eigenvalue weighted by Gasteiger charge is -2.60. The Balaban J connectivity index is 0.957. The monoisotopic (exact) mass is 548 g/mol. The second-order valence-corrected chi connectivity index (χ2v) is 13.0. The summed E-state index contributed by atoms with van der Waals surface area (Å²) in [6.45, 7) is 12.4. The summed E-state index contributed by atoms with van der Waals surface area (Å²) in [5.41, 5.74) is 3.29. The Hall–Kier alpha value is -2.00. The second kappa shape index (κ2) is 10.7. The van der Waals surface area contributed by atoms with Crippen LogP contribution in [-0.2, 0) is 37.1 Å². The van der Waals surface area contributed by atoms with Crippen molar-refractivity contribution in [2.45, 2.75) is 83.6 Å². The van der Waals surface area contributed by atoms with E-state index in [1.54, 1.807) is 0 Å². The van der Waals surface area contributed by atoms with Gasteiger partial charge in [-0.25, -0.2) is 9.78 Å². The SMILES string of the molecule is C[C@@H]1CCC2[C@@H](C)[C@@H](OCc3ccc(CN4CCN(c5ccccc5)CC4)cc3)OC3OC4(C)CC[C@@H]1[C@]32OO4. The van der Waals surface area contributed by atoms with E-state index in [0.717, 1.165) is 52.0 Å². The van der Waals surface area contributed by atoms with Gasteiger partial charge < -0.3 is 19.1 Å². The van der Waals surface area contributed by atoms with Crippen LogP contribution < -0.4 is 4.90 Å². The molecule has 5 aliphatic heterocycles. The fourth-order valence-corrected chi connectivity index (χ4v) is 8.04. The molecule has 1 aliphatic carbocycles. The van der Waals surface area contributed by atoms with Crippen molar-refractivity contribution in [3.05, 3.63) is 65.7 Å². The van der Waals surface area contributed by atoms with Crippen molar-refractivity contribution in [3.8, 4) is 0 Å². The molecule has 0 aromatic heterocycles. The second-order valence-electron chi connectivity index (χ2n) is 13.0. The van der Waals surface area contributed by atoms with E-state index in [2.05, 4.69) is 78.2 Å². The highest BCUT2D eigenvalue weighted by Gasteiger charge is 2.69. The molecule has 1 saturated carbocycles. The topological polar surface area (TPSA) is 52.6 Å². The summed E-state index contributed by atoms with van der Waals surface area (Å²) < 4.78 is 19.5. The highest BCUT2D eigenvalue weighted by atomic mass is 17.3. The van der Waals surface area contributed by atoms with E-state index >= 15 is 0 Å². The van der Waals surface area contributed by atoms with E-state index in [-0.39, 0.29) is 18.1 Å². The summed E-state index contributed by atoms with van der Waals surface area (Å²) in [7, 11) is 0. The fraction of sp³-hybridized carbons (Fsp3) is 0.636. The summed E-state index contributed by atoms with van der Waals surface area (Å²) >= 11 is 0. The van der Waals surface area contributed by atoms with Crippen LogP contribution in [0.2, 0.25) is 0 Å². The molecule has 0 radical (unpaired) electrons. The van der Waals surface area contributed by atoms with Gasteiger partial charge in [-0.05, 0) is 61.3 Å². The lowest BCUT2D eigenvalue weighted by Crippen LogP contribution is -2.70. The Kier molecular flexibility index (Phi) is 7.18. The predicted octanol–water partition coefficient (Wildman–Crippen LogP) is 5.73. The van der Waals surface area contributed by atoms with E-state index in [1.165, 1.54) is 23.2 Å². The number of anilines is 1. The van der Waals surface area contributed by atoms with Gasteiger partial charge in [-0.3, -0.25) is 4.90 Å². The molecule has 8 atom stereocenters. The molecule has 5 saturated heterocycles. The maximum Gasteiger partial charge on any atom is 0.201 e. The smallest absolute Gasteiger partial charge is 0.201 e. The van der Waals surface area contributed by atoms with Gasteiger partial charge in [0, 0.05) is 56.7 Å². The zero-order valence-electron chi connectivity index (χ0n) is 24.2. The Bertz CT molecular complexity index is 1160. The average molecular weight is 549 g/mol. The summed E-state index contributed by atoms with van der Waals surface area (Å²) in [6.07, 6.45) is 3.35. The van der Waals surface area contributed by atoms with Crippen LogP contribution in [0.3, 0.4) is 0 Å². The molecular formula is C33H44N2O5. The van der Waals surface area contributed by atoms with Gasteiger partial charge in [-0.15, -0.1) is 0 Å². The Labute approximate surface area is 238 Å². The first-order valence-corrected chi connectivity index (χ1v) is 15.4. The molecule has 0 N–H and O–H groups in total. The molecular weight excluding hydrogens is 504 g/mol. The van der Waals surface area contributed by atoms with Crippen molar-refractivity contribution in [1.82, 2.24) is 4.90 Å². The minimum Gasteiger partial charge on any atom is -0.369 e. The molecule has 6 aliphatic rings. The number of para-hydroxylation sites is 1. The Morgan fingerprint density at radius 1 is 0.850 bits per heavy atom. The van der Waals surface area contributed by atoms with E-state index in [0.29, 0.717) is 18.4 Å². The van der Waals surface area contributed by atoms with Crippen molar-refractivity contribution >= 4 is 5.69 Å². The van der Waals surface area contributed by atoms with Crippen LogP contribution in [0.4, 0.5) is 5.69 Å². The zero-order valence-corrected chi connectivity index (χ0v) is 24.2. The van der Waals surface area contributed by atoms with Crippen molar-refractivity contribution in [1.29, 1.82) is 0 Å². The fourth-order valence-electron chi connectivity index (χ4n) is 8.04. The molecule has 40 heavy (non-hydrogen) atoms. The van der Waals surface area contributed by atoms with Crippen molar-refractivity contribution in [2.75, 3.05) is 31.1 Å². The van der Waals surface area contributed by atoms with Gasteiger partial charge in [0.25, 0.3) is 0 Å². The molecule has 7 heteroatoms. The number of hydrogen-bond donors (Lipinski definition) is 0. The first-order chi connectivity index (χ1) is 19.4. The highest BCUT2D eigenvalue weighted by molar-refractivity contribution is 5.46. The van der Waals surface area contributed by atoms with E-state index in [4.69, 9.17) is 24.0 Å². The minimum absolute atomic E-state index is 0.190. The molecule has 2 aromatic carbocycles. The Morgan fingerprint density at radius 2 is 1.60 bits per heavy atom. The van der Waals surface area contributed by atoms with E-state index < -0.39 is 17.7 Å². The van der Waals surface area contributed by atoms with Gasteiger partial charge in [0.05, 0.1) is 6.61 Å². The van der Waals surface area contributed by atoms with Gasteiger partial charge in [0.1, 0.15) is 0 Å². The number of hydrogen-bond acceptors (Lipinski definition) is 7. The molecule has 7 nitrogen and oxygen atoms in total. The lowest BCUT2D eigenvalue weighted by atomic mass is 9.58. The number of rotatable bonds is 6. The summed E-state index contributed by atoms with van der Waals surface area (Å²) in [5.74, 6) is 0.649. The molecule has 5 heterocycles. The molecule has 216 valence electrons. The molecule has 0 amide bonds. The number of fused-ring (bicyclic) bond motifs is 2. The van der Waals surface area contributed by atoms with Gasteiger partial charge in [-0.1, -0.05) is 56.3 Å². The van der Waals surface area contributed by atoms with Gasteiger partial charge in [-0.2, -0.15) is 0 Å². The van der Waals surface area contributed by atoms with E-state index in [9.17, 15) is 0 Å². The van der Waals surface area contributed by atoms with Crippen molar-refractivity contribution in [2.24, 2.45) is 23.7 Å². The first kappa shape index (κ1) is 26.9. The minimum atomic E-state index is -0.757. The van der Waals surface area contributed by atoms with Crippen LogP contribution in [0.15, 0.2) is 54.6 Å². The largest absolute Gasteiger partial charge is 0.369 e. The maximum absolute atomic E-state index is 6.58. The Morgan fingerprint density at radius 3 is 2.38 bits per heavy atom. The van der Waals surface area contributed by atoms with Crippen LogP contribution >= 0.6 is 0 Å². The normalized spacial score (nSPS) is 39.5. The average Bonchev–Trinajstić information content (AvgIpc) is 3.21. The van der Waals surface area contributed by atoms with E-state index in [1.807, 2.05) is 6.92 Å². The lowest BCUT2D eigenvalue weighted by molar-refractivity contribution is -0.577.